The van der Waals surface area contributed by atoms with Crippen LogP contribution in [0.3, 0.4) is 0 Å². The molecule has 0 saturated heterocycles. The molecular weight excluding hydrogens is 240 g/mol. The lowest BCUT2D eigenvalue weighted by atomic mass is 10.2. The molecule has 92 valence electrons. The molecule has 0 aromatic heterocycles. The van der Waals surface area contributed by atoms with Crippen molar-refractivity contribution >= 4 is 23.4 Å². The number of carbonyl (C=O) groups is 2. The van der Waals surface area contributed by atoms with E-state index in [1.54, 1.807) is 7.05 Å². The molecule has 0 aliphatic heterocycles. The van der Waals surface area contributed by atoms with Crippen molar-refractivity contribution in [3.05, 3.63) is 35.9 Å². The number of benzene rings is 1. The molecule has 1 aromatic rings. The van der Waals surface area contributed by atoms with Crippen LogP contribution in [0.1, 0.15) is 5.56 Å². The highest BCUT2D eigenvalue weighted by Crippen LogP contribution is 1.97. The molecule has 1 N–H and O–H groups in total. The van der Waals surface area contributed by atoms with E-state index in [2.05, 4.69) is 5.32 Å². The summed E-state index contributed by atoms with van der Waals surface area (Å²) < 4.78 is 0. The lowest BCUT2D eigenvalue weighted by Crippen LogP contribution is -2.38. The normalized spacial score (nSPS) is 9.76. The van der Waals surface area contributed by atoms with Crippen LogP contribution in [0, 0.1) is 0 Å². The summed E-state index contributed by atoms with van der Waals surface area (Å²) in [7, 11) is 1.55. The van der Waals surface area contributed by atoms with E-state index in [1.165, 1.54) is 4.90 Å². The maximum atomic E-state index is 11.5. The summed E-state index contributed by atoms with van der Waals surface area (Å²) >= 11 is 5.38. The molecule has 0 unspecified atom stereocenters. The largest absolute Gasteiger partial charge is 0.350 e. The molecular formula is C12H15ClN2O2. The van der Waals surface area contributed by atoms with Crippen LogP contribution >= 0.6 is 11.6 Å². The molecule has 2 amide bonds. The molecule has 0 radical (unpaired) electrons. The Kier molecular flexibility index (Phi) is 5.49. The maximum Gasteiger partial charge on any atom is 0.239 e. The quantitative estimate of drug-likeness (QED) is 0.797. The maximum absolute atomic E-state index is 11.5. The van der Waals surface area contributed by atoms with Gasteiger partial charge < -0.3 is 10.2 Å². The van der Waals surface area contributed by atoms with Crippen molar-refractivity contribution in [3.8, 4) is 0 Å². The highest BCUT2D eigenvalue weighted by atomic mass is 35.5. The number of halogens is 1. The fourth-order valence-corrected chi connectivity index (χ4v) is 1.46. The first-order chi connectivity index (χ1) is 8.13. The standard InChI is InChI=1S/C12H15ClN2O2/c1-15(12(17)7-13)9-11(16)14-8-10-5-3-2-4-6-10/h2-6H,7-9H2,1H3,(H,14,16). The number of amides is 2. The second-order valence-electron chi connectivity index (χ2n) is 3.65. The predicted octanol–water partition coefficient (Wildman–Crippen LogP) is 1.000. The van der Waals surface area contributed by atoms with Gasteiger partial charge in [0.25, 0.3) is 0 Å². The first-order valence-corrected chi connectivity index (χ1v) is 5.77. The molecule has 0 heterocycles. The van der Waals surface area contributed by atoms with E-state index >= 15 is 0 Å². The third kappa shape index (κ3) is 4.87. The van der Waals surface area contributed by atoms with Crippen molar-refractivity contribution in [2.24, 2.45) is 0 Å². The number of rotatable bonds is 5. The first-order valence-electron chi connectivity index (χ1n) is 5.24. The molecule has 1 rings (SSSR count). The summed E-state index contributed by atoms with van der Waals surface area (Å²) in [6.45, 7) is 0.487. The average molecular weight is 255 g/mol. The van der Waals surface area contributed by atoms with Crippen LogP contribution < -0.4 is 5.32 Å². The van der Waals surface area contributed by atoms with Gasteiger partial charge in [0.2, 0.25) is 11.8 Å². The van der Waals surface area contributed by atoms with Crippen molar-refractivity contribution in [1.82, 2.24) is 10.2 Å². The van der Waals surface area contributed by atoms with Gasteiger partial charge in [-0.25, -0.2) is 0 Å². The zero-order valence-corrected chi connectivity index (χ0v) is 10.4. The van der Waals surface area contributed by atoms with E-state index in [9.17, 15) is 9.59 Å². The van der Waals surface area contributed by atoms with Gasteiger partial charge in [0, 0.05) is 13.6 Å². The van der Waals surface area contributed by atoms with Crippen LogP contribution in [0.15, 0.2) is 30.3 Å². The molecule has 0 aliphatic rings. The van der Waals surface area contributed by atoms with Gasteiger partial charge in [-0.1, -0.05) is 30.3 Å². The van der Waals surface area contributed by atoms with Crippen LogP contribution in [0.4, 0.5) is 0 Å². The fourth-order valence-electron chi connectivity index (χ4n) is 1.26. The van der Waals surface area contributed by atoms with Crippen molar-refractivity contribution < 1.29 is 9.59 Å². The Bertz CT molecular complexity index is 381. The van der Waals surface area contributed by atoms with Gasteiger partial charge >= 0.3 is 0 Å². The van der Waals surface area contributed by atoms with Crippen molar-refractivity contribution in [1.29, 1.82) is 0 Å². The first kappa shape index (κ1) is 13.5. The lowest BCUT2D eigenvalue weighted by Gasteiger charge is -2.15. The highest BCUT2D eigenvalue weighted by molar-refractivity contribution is 6.27. The number of nitrogens with one attached hydrogen (secondary N) is 1. The Hall–Kier alpha value is -1.55. The van der Waals surface area contributed by atoms with Crippen molar-refractivity contribution in [3.63, 3.8) is 0 Å². The number of nitrogens with zero attached hydrogens (tertiary/aromatic N) is 1. The Balaban J connectivity index is 2.33. The molecule has 1 aromatic carbocycles. The van der Waals surface area contributed by atoms with E-state index < -0.39 is 0 Å². The van der Waals surface area contributed by atoms with Gasteiger partial charge in [0.15, 0.2) is 0 Å². The van der Waals surface area contributed by atoms with Gasteiger partial charge in [-0.3, -0.25) is 9.59 Å². The van der Waals surface area contributed by atoms with Crippen molar-refractivity contribution in [2.45, 2.75) is 6.54 Å². The number of hydrogen-bond acceptors (Lipinski definition) is 2. The molecule has 0 fully saturated rings. The SMILES string of the molecule is CN(CC(=O)NCc1ccccc1)C(=O)CCl. The minimum Gasteiger partial charge on any atom is -0.350 e. The molecule has 5 heteroatoms. The third-order valence-corrected chi connectivity index (χ3v) is 2.48. The van der Waals surface area contributed by atoms with E-state index in [1.807, 2.05) is 30.3 Å². The van der Waals surface area contributed by atoms with Crippen LogP contribution in [0.25, 0.3) is 0 Å². The van der Waals surface area contributed by atoms with Crippen LogP contribution in [-0.2, 0) is 16.1 Å². The molecule has 4 nitrogen and oxygen atoms in total. The van der Waals surface area contributed by atoms with Crippen LogP contribution in [0.2, 0.25) is 0 Å². The molecule has 0 bridgehead atoms. The Morgan fingerprint density at radius 3 is 2.53 bits per heavy atom. The molecule has 0 saturated carbocycles. The zero-order valence-electron chi connectivity index (χ0n) is 9.65. The van der Waals surface area contributed by atoms with Gasteiger partial charge in [-0.2, -0.15) is 0 Å². The van der Waals surface area contributed by atoms with E-state index in [-0.39, 0.29) is 24.2 Å². The van der Waals surface area contributed by atoms with Gasteiger partial charge in [-0.15, -0.1) is 11.6 Å². The predicted molar refractivity (Wildman–Crippen MR) is 66.6 cm³/mol. The Labute approximate surface area is 106 Å². The minimum atomic E-state index is -0.262. The number of carbonyl (C=O) groups excluding carboxylic acids is 2. The second-order valence-corrected chi connectivity index (χ2v) is 3.91. The molecule has 0 aliphatic carbocycles. The third-order valence-electron chi connectivity index (χ3n) is 2.25. The molecule has 0 spiro atoms. The summed E-state index contributed by atoms with van der Waals surface area (Å²) in [6, 6.07) is 9.58. The fraction of sp³-hybridized carbons (Fsp3) is 0.333. The van der Waals surface area contributed by atoms with Gasteiger partial charge in [-0.05, 0) is 5.56 Å². The molecule has 17 heavy (non-hydrogen) atoms. The topological polar surface area (TPSA) is 49.4 Å². The number of hydrogen-bond donors (Lipinski definition) is 1. The smallest absolute Gasteiger partial charge is 0.239 e. The average Bonchev–Trinajstić information content (AvgIpc) is 2.36. The van der Waals surface area contributed by atoms with Gasteiger partial charge in [0.1, 0.15) is 5.88 Å². The van der Waals surface area contributed by atoms with E-state index in [0.717, 1.165) is 5.56 Å². The summed E-state index contributed by atoms with van der Waals surface area (Å²) in [4.78, 5) is 23.9. The Morgan fingerprint density at radius 2 is 1.94 bits per heavy atom. The second kappa shape index (κ2) is 6.91. The van der Waals surface area contributed by atoms with Crippen LogP contribution in [-0.4, -0.2) is 36.2 Å². The van der Waals surface area contributed by atoms with Crippen molar-refractivity contribution in [2.75, 3.05) is 19.5 Å². The zero-order chi connectivity index (χ0) is 12.7. The van der Waals surface area contributed by atoms with E-state index in [4.69, 9.17) is 11.6 Å². The summed E-state index contributed by atoms with van der Waals surface area (Å²) in [5.41, 5.74) is 1.02. The monoisotopic (exact) mass is 254 g/mol. The number of likely N-dealkylation sites (N-methyl/N-ethyl adjacent to an activating group) is 1. The lowest BCUT2D eigenvalue weighted by molar-refractivity contribution is -0.132. The summed E-state index contributed by atoms with van der Waals surface area (Å²) in [5.74, 6) is -0.570. The minimum absolute atomic E-state index is 0.0262. The summed E-state index contributed by atoms with van der Waals surface area (Å²) in [5, 5.41) is 2.73. The molecule has 0 atom stereocenters. The van der Waals surface area contributed by atoms with Crippen LogP contribution in [0.5, 0.6) is 0 Å². The van der Waals surface area contributed by atoms with E-state index in [0.29, 0.717) is 6.54 Å². The summed E-state index contributed by atoms with van der Waals surface area (Å²) in [6.07, 6.45) is 0. The Morgan fingerprint density at radius 1 is 1.29 bits per heavy atom. The van der Waals surface area contributed by atoms with Gasteiger partial charge in [0.05, 0.1) is 6.54 Å². The number of alkyl halides is 1. The highest BCUT2D eigenvalue weighted by Gasteiger charge is 2.10.